The van der Waals surface area contributed by atoms with Crippen LogP contribution in [0.5, 0.6) is 5.75 Å². The second kappa shape index (κ2) is 6.76. The zero-order valence-corrected chi connectivity index (χ0v) is 14.0. The molecule has 1 aromatic heterocycles. The van der Waals surface area contributed by atoms with Gasteiger partial charge in [0, 0.05) is 19.2 Å². The summed E-state index contributed by atoms with van der Waals surface area (Å²) in [6, 6.07) is 9.90. The van der Waals surface area contributed by atoms with Crippen molar-refractivity contribution in [2.24, 2.45) is 0 Å². The van der Waals surface area contributed by atoms with Crippen LogP contribution in [0.2, 0.25) is 0 Å². The molecule has 0 fully saturated rings. The lowest BCUT2D eigenvalue weighted by Crippen LogP contribution is -2.32. The van der Waals surface area contributed by atoms with Gasteiger partial charge in [0.15, 0.2) is 0 Å². The Morgan fingerprint density at radius 3 is 2.71 bits per heavy atom. The van der Waals surface area contributed by atoms with Crippen LogP contribution in [0.15, 0.2) is 34.9 Å². The van der Waals surface area contributed by atoms with E-state index in [0.717, 1.165) is 17.7 Å². The number of halogens is 1. The Bertz CT molecular complexity index is 600. The Morgan fingerprint density at radius 2 is 2.05 bits per heavy atom. The lowest BCUT2D eigenvalue weighted by atomic mass is 10.1. The molecule has 0 bridgehead atoms. The van der Waals surface area contributed by atoms with Crippen LogP contribution in [0.4, 0.5) is 11.8 Å². The molecule has 1 unspecified atom stereocenters. The third-order valence-corrected chi connectivity index (χ3v) is 3.79. The van der Waals surface area contributed by atoms with E-state index in [2.05, 4.69) is 38.9 Å². The van der Waals surface area contributed by atoms with E-state index in [1.54, 1.807) is 13.2 Å². The van der Waals surface area contributed by atoms with Gasteiger partial charge in [-0.25, -0.2) is 4.98 Å². The van der Waals surface area contributed by atoms with Crippen molar-refractivity contribution in [2.75, 3.05) is 24.8 Å². The number of nitrogen functional groups attached to an aromatic ring is 1. The highest BCUT2D eigenvalue weighted by atomic mass is 79.9. The second-order valence-electron chi connectivity index (χ2n) is 4.89. The summed E-state index contributed by atoms with van der Waals surface area (Å²) in [4.78, 5) is 10.6. The first-order valence-electron chi connectivity index (χ1n) is 6.66. The van der Waals surface area contributed by atoms with Crippen LogP contribution < -0.4 is 15.4 Å². The average Bonchev–Trinajstić information content (AvgIpc) is 2.46. The molecule has 112 valence electrons. The molecule has 0 saturated carbocycles. The third-order valence-electron chi connectivity index (χ3n) is 3.39. The van der Waals surface area contributed by atoms with Crippen LogP contribution in [0.1, 0.15) is 12.5 Å². The summed E-state index contributed by atoms with van der Waals surface area (Å²) >= 11 is 3.34. The largest absolute Gasteiger partial charge is 0.496 e. The molecule has 2 N–H and O–H groups in total. The topological polar surface area (TPSA) is 64.3 Å². The van der Waals surface area contributed by atoms with E-state index in [4.69, 9.17) is 10.5 Å². The first-order valence-corrected chi connectivity index (χ1v) is 7.45. The standard InChI is InChI=1S/C15H19BrN4O/c1-10(8-11-6-4-5-7-12(11)21-3)20(2)15-18-13(16)9-14(17)19-15/h4-7,9-10H,8H2,1-3H3,(H2,17,18,19). The molecular weight excluding hydrogens is 332 g/mol. The Balaban J connectivity index is 2.17. The van der Waals surface area contributed by atoms with Gasteiger partial charge in [0.2, 0.25) is 5.95 Å². The van der Waals surface area contributed by atoms with Crippen LogP contribution >= 0.6 is 15.9 Å². The van der Waals surface area contributed by atoms with Crippen molar-refractivity contribution in [3.8, 4) is 5.75 Å². The maximum atomic E-state index is 5.77. The molecule has 6 heteroatoms. The highest BCUT2D eigenvalue weighted by Crippen LogP contribution is 2.22. The maximum Gasteiger partial charge on any atom is 0.228 e. The minimum absolute atomic E-state index is 0.204. The van der Waals surface area contributed by atoms with Crippen LogP contribution in [-0.2, 0) is 6.42 Å². The van der Waals surface area contributed by atoms with E-state index in [-0.39, 0.29) is 6.04 Å². The van der Waals surface area contributed by atoms with E-state index in [9.17, 15) is 0 Å². The molecule has 0 radical (unpaired) electrons. The number of likely N-dealkylation sites (N-methyl/N-ethyl adjacent to an activating group) is 1. The average molecular weight is 351 g/mol. The molecular formula is C15H19BrN4O. The van der Waals surface area contributed by atoms with Crippen molar-refractivity contribution in [1.82, 2.24) is 9.97 Å². The van der Waals surface area contributed by atoms with E-state index in [1.807, 2.05) is 30.1 Å². The molecule has 5 nitrogen and oxygen atoms in total. The van der Waals surface area contributed by atoms with Crippen molar-refractivity contribution in [3.63, 3.8) is 0 Å². The first-order chi connectivity index (χ1) is 10.0. The number of para-hydroxylation sites is 1. The van der Waals surface area contributed by atoms with Gasteiger partial charge in [0.25, 0.3) is 0 Å². The van der Waals surface area contributed by atoms with Crippen molar-refractivity contribution in [1.29, 1.82) is 0 Å². The van der Waals surface area contributed by atoms with Gasteiger partial charge in [-0.15, -0.1) is 0 Å². The lowest BCUT2D eigenvalue weighted by Gasteiger charge is -2.25. The summed E-state index contributed by atoms with van der Waals surface area (Å²) in [7, 11) is 3.65. The highest BCUT2D eigenvalue weighted by Gasteiger charge is 2.16. The van der Waals surface area contributed by atoms with Crippen LogP contribution in [0, 0.1) is 0 Å². The summed E-state index contributed by atoms with van der Waals surface area (Å²) in [5.74, 6) is 1.94. The fourth-order valence-corrected chi connectivity index (χ4v) is 2.50. The molecule has 2 aromatic rings. The second-order valence-corrected chi connectivity index (χ2v) is 5.70. The number of anilines is 2. The number of nitrogens with zero attached hydrogens (tertiary/aromatic N) is 3. The predicted octanol–water partition coefficient (Wildman–Crippen LogP) is 2.90. The zero-order valence-electron chi connectivity index (χ0n) is 12.4. The SMILES string of the molecule is COc1ccccc1CC(C)N(C)c1nc(N)cc(Br)n1. The molecule has 1 heterocycles. The van der Waals surface area contributed by atoms with Gasteiger partial charge in [0.05, 0.1) is 7.11 Å². The number of aromatic nitrogens is 2. The van der Waals surface area contributed by atoms with Gasteiger partial charge < -0.3 is 15.4 Å². The molecule has 0 spiro atoms. The van der Waals surface area contributed by atoms with Crippen molar-refractivity contribution in [2.45, 2.75) is 19.4 Å². The molecule has 1 atom stereocenters. The van der Waals surface area contributed by atoms with Gasteiger partial charge in [-0.2, -0.15) is 4.98 Å². The number of hydrogen-bond acceptors (Lipinski definition) is 5. The number of benzene rings is 1. The van der Waals surface area contributed by atoms with E-state index >= 15 is 0 Å². The smallest absolute Gasteiger partial charge is 0.228 e. The summed E-state index contributed by atoms with van der Waals surface area (Å²) in [5.41, 5.74) is 6.92. The molecule has 2 rings (SSSR count). The van der Waals surface area contributed by atoms with Crippen LogP contribution in [0.3, 0.4) is 0 Å². The lowest BCUT2D eigenvalue weighted by molar-refractivity contribution is 0.408. The van der Waals surface area contributed by atoms with Crippen LogP contribution in [-0.4, -0.2) is 30.2 Å². The number of methoxy groups -OCH3 is 1. The predicted molar refractivity (Wildman–Crippen MR) is 88.7 cm³/mol. The quantitative estimate of drug-likeness (QED) is 0.840. The summed E-state index contributed by atoms with van der Waals surface area (Å²) < 4.78 is 6.07. The fraction of sp³-hybridized carbons (Fsp3) is 0.333. The van der Waals surface area contributed by atoms with E-state index < -0.39 is 0 Å². The maximum absolute atomic E-state index is 5.77. The number of nitrogens with two attached hydrogens (primary N) is 1. The first kappa shape index (κ1) is 15.6. The Kier molecular flexibility index (Phi) is 5.01. The van der Waals surface area contributed by atoms with Crippen molar-refractivity contribution in [3.05, 3.63) is 40.5 Å². The Hall–Kier alpha value is -1.82. The molecule has 0 aliphatic rings. The van der Waals surface area contributed by atoms with E-state index in [0.29, 0.717) is 16.4 Å². The number of hydrogen-bond donors (Lipinski definition) is 1. The summed E-state index contributed by atoms with van der Waals surface area (Å²) in [6.07, 6.45) is 0.830. The molecule has 1 aromatic carbocycles. The summed E-state index contributed by atoms with van der Waals surface area (Å²) in [5, 5.41) is 0. The minimum atomic E-state index is 0.204. The van der Waals surface area contributed by atoms with Gasteiger partial charge in [-0.05, 0) is 40.9 Å². The molecule has 0 aliphatic heterocycles. The van der Waals surface area contributed by atoms with Gasteiger partial charge in [-0.3, -0.25) is 0 Å². The van der Waals surface area contributed by atoms with Crippen molar-refractivity contribution < 1.29 is 4.74 Å². The van der Waals surface area contributed by atoms with E-state index in [1.165, 1.54) is 0 Å². The van der Waals surface area contributed by atoms with Gasteiger partial charge in [-0.1, -0.05) is 18.2 Å². The van der Waals surface area contributed by atoms with Gasteiger partial charge in [0.1, 0.15) is 16.2 Å². The fourth-order valence-electron chi connectivity index (χ4n) is 2.10. The van der Waals surface area contributed by atoms with Gasteiger partial charge >= 0.3 is 0 Å². The van der Waals surface area contributed by atoms with Crippen molar-refractivity contribution >= 4 is 27.7 Å². The Morgan fingerprint density at radius 1 is 1.33 bits per heavy atom. The highest BCUT2D eigenvalue weighted by molar-refractivity contribution is 9.10. The Labute approximate surface area is 133 Å². The molecule has 0 aliphatic carbocycles. The number of rotatable bonds is 5. The third kappa shape index (κ3) is 3.85. The molecule has 21 heavy (non-hydrogen) atoms. The molecule has 0 amide bonds. The minimum Gasteiger partial charge on any atom is -0.496 e. The normalized spacial score (nSPS) is 12.0. The number of ether oxygens (including phenoxy) is 1. The molecule has 0 saturated heterocycles. The zero-order chi connectivity index (χ0) is 15.4. The summed E-state index contributed by atoms with van der Waals surface area (Å²) in [6.45, 7) is 2.12. The van der Waals surface area contributed by atoms with Crippen LogP contribution in [0.25, 0.3) is 0 Å². The monoisotopic (exact) mass is 350 g/mol.